The highest BCUT2D eigenvalue weighted by molar-refractivity contribution is 9.10. The lowest BCUT2D eigenvalue weighted by Gasteiger charge is -2.13. The van der Waals surface area contributed by atoms with Crippen molar-refractivity contribution in [3.63, 3.8) is 0 Å². The van der Waals surface area contributed by atoms with E-state index in [1.807, 2.05) is 58.0 Å². The summed E-state index contributed by atoms with van der Waals surface area (Å²) in [6.45, 7) is 7.88. The van der Waals surface area contributed by atoms with Crippen molar-refractivity contribution < 1.29 is 13.9 Å². The minimum Gasteiger partial charge on any atom is -0.496 e. The SMILES string of the molecule is COc1c(/C(C)=C/C(=O)Nc2ccc(Br)cc2)cc2c(C)c(C)oc2c1C. The van der Waals surface area contributed by atoms with Crippen molar-refractivity contribution in [1.29, 1.82) is 0 Å². The van der Waals surface area contributed by atoms with Crippen LogP contribution in [0.5, 0.6) is 5.75 Å². The summed E-state index contributed by atoms with van der Waals surface area (Å²) in [6, 6.07) is 9.50. The summed E-state index contributed by atoms with van der Waals surface area (Å²) < 4.78 is 12.5. The Morgan fingerprint density at radius 3 is 2.44 bits per heavy atom. The fourth-order valence-corrected chi connectivity index (χ4v) is 3.42. The number of furan rings is 1. The molecule has 0 aliphatic carbocycles. The molecule has 5 heteroatoms. The van der Waals surface area contributed by atoms with Gasteiger partial charge < -0.3 is 14.5 Å². The molecule has 4 nitrogen and oxygen atoms in total. The number of aryl methyl sites for hydroxylation is 3. The molecule has 1 amide bonds. The molecule has 0 atom stereocenters. The lowest BCUT2D eigenvalue weighted by atomic mass is 9.98. The molecule has 0 saturated heterocycles. The van der Waals surface area contributed by atoms with Crippen LogP contribution in [0.15, 0.2) is 45.3 Å². The number of methoxy groups -OCH3 is 1. The quantitative estimate of drug-likeness (QED) is 0.506. The third-order valence-corrected chi connectivity index (χ3v) is 5.26. The average Bonchev–Trinajstić information content (AvgIpc) is 2.92. The number of rotatable bonds is 4. The van der Waals surface area contributed by atoms with E-state index in [-0.39, 0.29) is 5.91 Å². The van der Waals surface area contributed by atoms with Gasteiger partial charge in [-0.1, -0.05) is 15.9 Å². The molecular formula is C22H22BrNO3. The van der Waals surface area contributed by atoms with E-state index in [9.17, 15) is 4.79 Å². The maximum Gasteiger partial charge on any atom is 0.248 e. The van der Waals surface area contributed by atoms with Crippen LogP contribution < -0.4 is 10.1 Å². The first-order chi connectivity index (χ1) is 12.8. The van der Waals surface area contributed by atoms with E-state index in [0.717, 1.165) is 54.9 Å². The van der Waals surface area contributed by atoms with Gasteiger partial charge in [-0.15, -0.1) is 0 Å². The molecule has 1 heterocycles. The molecular weight excluding hydrogens is 406 g/mol. The third-order valence-electron chi connectivity index (χ3n) is 4.73. The fraction of sp³-hybridized carbons (Fsp3) is 0.227. The maximum absolute atomic E-state index is 12.4. The monoisotopic (exact) mass is 427 g/mol. The highest BCUT2D eigenvalue weighted by atomic mass is 79.9. The first-order valence-corrected chi connectivity index (χ1v) is 9.43. The van der Waals surface area contributed by atoms with Crippen molar-refractivity contribution in [2.45, 2.75) is 27.7 Å². The van der Waals surface area contributed by atoms with Crippen LogP contribution in [0.4, 0.5) is 5.69 Å². The Morgan fingerprint density at radius 2 is 1.81 bits per heavy atom. The van der Waals surface area contributed by atoms with Gasteiger partial charge in [0, 0.05) is 32.7 Å². The molecule has 1 N–H and O–H groups in total. The van der Waals surface area contributed by atoms with Crippen molar-refractivity contribution in [2.75, 3.05) is 12.4 Å². The van der Waals surface area contributed by atoms with E-state index in [0.29, 0.717) is 0 Å². The topological polar surface area (TPSA) is 51.5 Å². The smallest absolute Gasteiger partial charge is 0.248 e. The first kappa shape index (κ1) is 19.2. The molecule has 0 unspecified atom stereocenters. The summed E-state index contributed by atoms with van der Waals surface area (Å²) in [5.41, 5.74) is 5.32. The molecule has 0 saturated carbocycles. The second kappa shape index (κ2) is 7.61. The highest BCUT2D eigenvalue weighted by Gasteiger charge is 2.18. The standard InChI is InChI=1S/C22H22BrNO3/c1-12(10-20(25)24-17-8-6-16(23)7-9-17)18-11-19-13(2)15(4)27-22(19)14(3)21(18)26-5/h6-11H,1-5H3,(H,24,25)/b12-10+. The summed E-state index contributed by atoms with van der Waals surface area (Å²) >= 11 is 3.39. The molecule has 0 spiro atoms. The van der Waals surface area contributed by atoms with E-state index in [4.69, 9.17) is 9.15 Å². The number of hydrogen-bond donors (Lipinski definition) is 1. The fourth-order valence-electron chi connectivity index (χ4n) is 3.15. The number of fused-ring (bicyclic) bond motifs is 1. The van der Waals surface area contributed by atoms with Crippen LogP contribution in [0.1, 0.15) is 29.4 Å². The largest absolute Gasteiger partial charge is 0.496 e. The van der Waals surface area contributed by atoms with Gasteiger partial charge in [0.1, 0.15) is 17.1 Å². The number of amides is 1. The van der Waals surface area contributed by atoms with E-state index < -0.39 is 0 Å². The van der Waals surface area contributed by atoms with Gasteiger partial charge in [-0.25, -0.2) is 0 Å². The zero-order valence-electron chi connectivity index (χ0n) is 16.1. The minimum atomic E-state index is -0.185. The van der Waals surface area contributed by atoms with Gasteiger partial charge in [-0.3, -0.25) is 4.79 Å². The van der Waals surface area contributed by atoms with Gasteiger partial charge in [0.25, 0.3) is 0 Å². The number of allylic oxidation sites excluding steroid dienone is 1. The van der Waals surface area contributed by atoms with Crippen molar-refractivity contribution in [3.05, 3.63) is 63.3 Å². The van der Waals surface area contributed by atoms with E-state index in [1.54, 1.807) is 13.2 Å². The van der Waals surface area contributed by atoms with Crippen LogP contribution in [-0.4, -0.2) is 13.0 Å². The molecule has 3 rings (SSSR count). The van der Waals surface area contributed by atoms with Gasteiger partial charge in [-0.2, -0.15) is 0 Å². The number of anilines is 1. The van der Waals surface area contributed by atoms with Gasteiger partial charge in [-0.05, 0) is 69.2 Å². The van der Waals surface area contributed by atoms with Crippen molar-refractivity contribution in [2.24, 2.45) is 0 Å². The molecule has 3 aromatic rings. The Morgan fingerprint density at radius 1 is 1.15 bits per heavy atom. The second-order valence-corrected chi connectivity index (χ2v) is 7.48. The van der Waals surface area contributed by atoms with Crippen molar-refractivity contribution in [3.8, 4) is 5.75 Å². The lowest BCUT2D eigenvalue weighted by molar-refractivity contribution is -0.111. The Balaban J connectivity index is 1.99. The second-order valence-electron chi connectivity index (χ2n) is 6.57. The molecule has 27 heavy (non-hydrogen) atoms. The number of benzene rings is 2. The molecule has 140 valence electrons. The molecule has 0 bridgehead atoms. The summed E-state index contributed by atoms with van der Waals surface area (Å²) in [4.78, 5) is 12.4. The van der Waals surface area contributed by atoms with Crippen LogP contribution >= 0.6 is 15.9 Å². The maximum atomic E-state index is 12.4. The number of hydrogen-bond acceptors (Lipinski definition) is 3. The molecule has 2 aromatic carbocycles. The van der Waals surface area contributed by atoms with Crippen molar-refractivity contribution >= 4 is 44.1 Å². The number of ether oxygens (including phenoxy) is 1. The molecule has 0 aliphatic rings. The van der Waals surface area contributed by atoms with Crippen LogP contribution in [0, 0.1) is 20.8 Å². The number of carbonyl (C=O) groups is 1. The summed E-state index contributed by atoms with van der Waals surface area (Å²) in [5, 5.41) is 3.92. The molecule has 0 aliphatic heterocycles. The Bertz CT molecular complexity index is 1050. The van der Waals surface area contributed by atoms with Crippen LogP contribution in [0.3, 0.4) is 0 Å². The van der Waals surface area contributed by atoms with Crippen molar-refractivity contribution in [1.82, 2.24) is 0 Å². The predicted octanol–water partition coefficient (Wildman–Crippen LogP) is 6.17. The average molecular weight is 428 g/mol. The van der Waals surface area contributed by atoms with Crippen LogP contribution in [0.2, 0.25) is 0 Å². The van der Waals surface area contributed by atoms with Gasteiger partial charge in [0.2, 0.25) is 5.91 Å². The number of halogens is 1. The number of carbonyl (C=O) groups excluding carboxylic acids is 1. The molecule has 0 radical (unpaired) electrons. The zero-order chi connectivity index (χ0) is 19.7. The van der Waals surface area contributed by atoms with E-state index in [1.165, 1.54) is 0 Å². The Labute approximate surface area is 167 Å². The van der Waals surface area contributed by atoms with E-state index >= 15 is 0 Å². The normalized spacial score (nSPS) is 11.7. The van der Waals surface area contributed by atoms with Crippen LogP contribution in [0.25, 0.3) is 16.5 Å². The predicted molar refractivity (Wildman–Crippen MR) is 113 cm³/mol. The molecule has 0 fully saturated rings. The third kappa shape index (κ3) is 3.78. The van der Waals surface area contributed by atoms with Crippen LogP contribution in [-0.2, 0) is 4.79 Å². The lowest BCUT2D eigenvalue weighted by Crippen LogP contribution is -2.08. The van der Waals surface area contributed by atoms with Gasteiger partial charge in [0.05, 0.1) is 7.11 Å². The summed E-state index contributed by atoms with van der Waals surface area (Å²) in [7, 11) is 1.63. The Kier molecular flexibility index (Phi) is 5.42. The highest BCUT2D eigenvalue weighted by Crippen LogP contribution is 2.38. The van der Waals surface area contributed by atoms with E-state index in [2.05, 4.69) is 21.2 Å². The number of nitrogens with one attached hydrogen (secondary N) is 1. The van der Waals surface area contributed by atoms with Gasteiger partial charge >= 0.3 is 0 Å². The van der Waals surface area contributed by atoms with Gasteiger partial charge in [0.15, 0.2) is 0 Å². The first-order valence-electron chi connectivity index (χ1n) is 8.64. The Hall–Kier alpha value is -2.53. The molecule has 1 aromatic heterocycles. The zero-order valence-corrected chi connectivity index (χ0v) is 17.7. The summed E-state index contributed by atoms with van der Waals surface area (Å²) in [6.07, 6.45) is 1.59. The minimum absolute atomic E-state index is 0.185. The summed E-state index contributed by atoms with van der Waals surface area (Å²) in [5.74, 6) is 1.43.